The second-order valence-electron chi connectivity index (χ2n) is 6.73. The Hall–Kier alpha value is -2.48. The van der Waals surface area contributed by atoms with Gasteiger partial charge in [-0.05, 0) is 45.2 Å². The lowest BCUT2D eigenvalue weighted by atomic mass is 10.2. The maximum Gasteiger partial charge on any atom is 0.290 e. The van der Waals surface area contributed by atoms with Crippen LogP contribution in [-0.2, 0) is 11.3 Å². The molecule has 1 unspecified atom stereocenters. The fourth-order valence-corrected chi connectivity index (χ4v) is 3.68. The molecule has 0 amide bonds. The van der Waals surface area contributed by atoms with Gasteiger partial charge in [-0.2, -0.15) is 0 Å². The summed E-state index contributed by atoms with van der Waals surface area (Å²) < 4.78 is 0. The van der Waals surface area contributed by atoms with Gasteiger partial charge < -0.3 is 15.0 Å². The largest absolute Gasteiger partial charge is 0.483 e. The molecule has 8 heteroatoms. The second-order valence-corrected chi connectivity index (χ2v) is 6.73. The van der Waals surface area contributed by atoms with E-state index in [0.717, 1.165) is 55.8 Å². The molecule has 2 fully saturated rings. The molecule has 2 aliphatic heterocycles. The van der Waals surface area contributed by atoms with E-state index in [-0.39, 0.29) is 6.47 Å². The Morgan fingerprint density at radius 2 is 2.04 bits per heavy atom. The Bertz CT molecular complexity index is 713. The standard InChI is InChI=1S/C17H24N6.CH2O2/c1-13-11-19-16(20-13)15-5-4-10-23(15)12-14-6-7-18-17(21-14)22-8-2-3-9-22;2-1-3/h6-7,11,15H,2-5,8-10,12H2,1H3,(H,19,20);1H,(H,2,3). The number of hydrogen-bond donors (Lipinski definition) is 2. The Morgan fingerprint density at radius 1 is 1.27 bits per heavy atom. The van der Waals surface area contributed by atoms with Gasteiger partial charge in [0.25, 0.3) is 6.47 Å². The maximum absolute atomic E-state index is 8.36. The Morgan fingerprint density at radius 3 is 2.73 bits per heavy atom. The predicted molar refractivity (Wildman–Crippen MR) is 97.9 cm³/mol. The number of anilines is 1. The average Bonchev–Trinajstić information content (AvgIpc) is 3.37. The quantitative estimate of drug-likeness (QED) is 0.808. The van der Waals surface area contributed by atoms with Crippen LogP contribution in [0.4, 0.5) is 5.95 Å². The lowest BCUT2D eigenvalue weighted by molar-refractivity contribution is -0.122. The highest BCUT2D eigenvalue weighted by Gasteiger charge is 2.28. The van der Waals surface area contributed by atoms with Crippen LogP contribution in [0.2, 0.25) is 0 Å². The minimum absolute atomic E-state index is 0.250. The first-order valence-electron chi connectivity index (χ1n) is 9.11. The van der Waals surface area contributed by atoms with Crippen LogP contribution in [-0.4, -0.2) is 56.0 Å². The van der Waals surface area contributed by atoms with Gasteiger partial charge in [-0.25, -0.2) is 15.0 Å². The van der Waals surface area contributed by atoms with Gasteiger partial charge in [-0.3, -0.25) is 9.69 Å². The molecule has 4 rings (SSSR count). The van der Waals surface area contributed by atoms with Crippen molar-refractivity contribution in [2.75, 3.05) is 24.5 Å². The van der Waals surface area contributed by atoms with Crippen LogP contribution in [0, 0.1) is 6.92 Å². The van der Waals surface area contributed by atoms with Crippen molar-refractivity contribution < 1.29 is 9.90 Å². The number of nitrogens with zero attached hydrogens (tertiary/aromatic N) is 5. The number of carbonyl (C=O) groups is 1. The molecule has 1 atom stereocenters. The van der Waals surface area contributed by atoms with E-state index in [0.29, 0.717) is 6.04 Å². The fraction of sp³-hybridized carbons (Fsp3) is 0.556. The third-order valence-electron chi connectivity index (χ3n) is 4.86. The van der Waals surface area contributed by atoms with Crippen LogP contribution >= 0.6 is 0 Å². The molecule has 0 aliphatic carbocycles. The van der Waals surface area contributed by atoms with Crippen molar-refractivity contribution in [3.63, 3.8) is 0 Å². The molecular weight excluding hydrogens is 332 g/mol. The smallest absolute Gasteiger partial charge is 0.290 e. The van der Waals surface area contributed by atoms with Crippen molar-refractivity contribution in [1.82, 2.24) is 24.8 Å². The zero-order valence-corrected chi connectivity index (χ0v) is 15.1. The SMILES string of the molecule is Cc1cnc(C2CCCN2Cc2ccnc(N3CCCC3)n2)[nH]1.O=CO. The molecule has 4 heterocycles. The third-order valence-corrected chi connectivity index (χ3v) is 4.86. The molecule has 2 aromatic rings. The molecule has 0 spiro atoms. The molecule has 0 radical (unpaired) electrons. The van der Waals surface area contributed by atoms with Crippen molar-refractivity contribution in [2.45, 2.75) is 45.2 Å². The monoisotopic (exact) mass is 358 g/mol. The van der Waals surface area contributed by atoms with Crippen molar-refractivity contribution in [3.05, 3.63) is 35.7 Å². The summed E-state index contributed by atoms with van der Waals surface area (Å²) in [5.74, 6) is 1.98. The van der Waals surface area contributed by atoms with Gasteiger partial charge in [-0.1, -0.05) is 0 Å². The van der Waals surface area contributed by atoms with Gasteiger partial charge in [0.05, 0.1) is 11.7 Å². The lowest BCUT2D eigenvalue weighted by Crippen LogP contribution is -2.25. The van der Waals surface area contributed by atoms with Gasteiger partial charge in [0.2, 0.25) is 5.95 Å². The molecule has 0 aromatic carbocycles. The summed E-state index contributed by atoms with van der Waals surface area (Å²) >= 11 is 0. The van der Waals surface area contributed by atoms with E-state index in [2.05, 4.69) is 31.7 Å². The lowest BCUT2D eigenvalue weighted by Gasteiger charge is -2.23. The molecule has 8 nitrogen and oxygen atoms in total. The summed E-state index contributed by atoms with van der Waals surface area (Å²) in [4.78, 5) is 30.3. The number of rotatable bonds is 4. The van der Waals surface area contributed by atoms with E-state index in [1.807, 2.05) is 18.5 Å². The third kappa shape index (κ3) is 4.37. The summed E-state index contributed by atoms with van der Waals surface area (Å²) in [5, 5.41) is 6.89. The Labute approximate surface area is 153 Å². The number of nitrogens with one attached hydrogen (secondary N) is 1. The molecule has 0 bridgehead atoms. The van der Waals surface area contributed by atoms with Gasteiger partial charge >= 0.3 is 0 Å². The first-order chi connectivity index (χ1) is 12.7. The molecule has 140 valence electrons. The first kappa shape index (κ1) is 18.3. The van der Waals surface area contributed by atoms with E-state index in [1.165, 1.54) is 19.3 Å². The molecule has 26 heavy (non-hydrogen) atoms. The minimum atomic E-state index is -0.250. The number of aryl methyl sites for hydroxylation is 1. The number of aromatic amines is 1. The summed E-state index contributed by atoms with van der Waals surface area (Å²) in [7, 11) is 0. The number of aromatic nitrogens is 4. The van der Waals surface area contributed by atoms with Crippen molar-refractivity contribution in [2.24, 2.45) is 0 Å². The number of H-pyrrole nitrogens is 1. The molecule has 2 saturated heterocycles. The fourth-order valence-electron chi connectivity index (χ4n) is 3.68. The summed E-state index contributed by atoms with van der Waals surface area (Å²) in [5.41, 5.74) is 2.24. The topological polar surface area (TPSA) is 98.2 Å². The summed E-state index contributed by atoms with van der Waals surface area (Å²) in [6.45, 7) is 5.95. The zero-order chi connectivity index (χ0) is 18.4. The van der Waals surface area contributed by atoms with E-state index in [1.54, 1.807) is 0 Å². The second kappa shape index (κ2) is 8.75. The van der Waals surface area contributed by atoms with Crippen molar-refractivity contribution >= 4 is 12.4 Å². The summed E-state index contributed by atoms with van der Waals surface area (Å²) in [6.07, 6.45) is 8.70. The van der Waals surface area contributed by atoms with Crippen molar-refractivity contribution in [1.29, 1.82) is 0 Å². The van der Waals surface area contributed by atoms with E-state index in [4.69, 9.17) is 14.9 Å². The van der Waals surface area contributed by atoms with Gasteiger partial charge in [-0.15, -0.1) is 0 Å². The van der Waals surface area contributed by atoms with Crippen LogP contribution in [0.5, 0.6) is 0 Å². The minimum Gasteiger partial charge on any atom is -0.483 e. The van der Waals surface area contributed by atoms with Crippen LogP contribution in [0.15, 0.2) is 18.5 Å². The highest BCUT2D eigenvalue weighted by atomic mass is 16.3. The molecule has 2 aliphatic rings. The van der Waals surface area contributed by atoms with Crippen molar-refractivity contribution in [3.8, 4) is 0 Å². The first-order valence-corrected chi connectivity index (χ1v) is 9.11. The maximum atomic E-state index is 8.36. The van der Waals surface area contributed by atoms with Crippen LogP contribution in [0.3, 0.4) is 0 Å². The van der Waals surface area contributed by atoms with Crippen LogP contribution < -0.4 is 4.90 Å². The van der Waals surface area contributed by atoms with Crippen LogP contribution in [0.25, 0.3) is 0 Å². The molecule has 2 N–H and O–H groups in total. The highest BCUT2D eigenvalue weighted by molar-refractivity contribution is 5.32. The van der Waals surface area contributed by atoms with Gasteiger partial charge in [0.15, 0.2) is 0 Å². The Balaban J connectivity index is 0.000000613. The van der Waals surface area contributed by atoms with E-state index >= 15 is 0 Å². The molecule has 2 aromatic heterocycles. The molecule has 0 saturated carbocycles. The number of hydrogen-bond acceptors (Lipinski definition) is 6. The highest BCUT2D eigenvalue weighted by Crippen LogP contribution is 2.31. The van der Waals surface area contributed by atoms with E-state index in [9.17, 15) is 0 Å². The molecular formula is C18H26N6O2. The van der Waals surface area contributed by atoms with Gasteiger partial charge in [0, 0.05) is 37.7 Å². The number of likely N-dealkylation sites (tertiary alicyclic amines) is 1. The van der Waals surface area contributed by atoms with E-state index < -0.39 is 0 Å². The number of imidazole rings is 1. The Kier molecular flexibility index (Phi) is 6.17. The average molecular weight is 358 g/mol. The zero-order valence-electron chi connectivity index (χ0n) is 15.1. The van der Waals surface area contributed by atoms with Crippen LogP contribution in [0.1, 0.15) is 48.9 Å². The van der Waals surface area contributed by atoms with Gasteiger partial charge in [0.1, 0.15) is 5.82 Å². The summed E-state index contributed by atoms with van der Waals surface area (Å²) in [6, 6.07) is 2.43. The number of carboxylic acid groups (broad SMARTS) is 1. The normalized spacial score (nSPS) is 20.0. The predicted octanol–water partition coefficient (Wildman–Crippen LogP) is 2.15.